The number of rotatable bonds is 4. The van der Waals surface area contributed by atoms with Gasteiger partial charge >= 0.3 is 5.97 Å². The molecule has 0 spiro atoms. The van der Waals surface area contributed by atoms with E-state index in [0.717, 1.165) is 6.07 Å². The summed E-state index contributed by atoms with van der Waals surface area (Å²) in [6.45, 7) is -0.0533. The normalized spacial score (nSPS) is 10.3. The second-order valence-corrected chi connectivity index (χ2v) is 4.72. The second-order valence-electron chi connectivity index (χ2n) is 3.91. The van der Waals surface area contributed by atoms with Crippen molar-refractivity contribution in [1.29, 1.82) is 0 Å². The molecular formula is C14H9Cl2FO3. The molecule has 2 rings (SSSR count). The molecule has 2 aromatic rings. The largest absolute Gasteiger partial charge is 0.488 e. The van der Waals surface area contributed by atoms with Crippen LogP contribution in [0.5, 0.6) is 5.75 Å². The molecule has 0 aliphatic carbocycles. The highest BCUT2D eigenvalue weighted by Crippen LogP contribution is 2.27. The summed E-state index contributed by atoms with van der Waals surface area (Å²) in [5.41, 5.74) is -0.00731. The average molecular weight is 315 g/mol. The van der Waals surface area contributed by atoms with Crippen molar-refractivity contribution >= 4 is 29.2 Å². The molecule has 6 heteroatoms. The van der Waals surface area contributed by atoms with Crippen molar-refractivity contribution < 1.29 is 19.0 Å². The summed E-state index contributed by atoms with van der Waals surface area (Å²) < 4.78 is 18.8. The minimum atomic E-state index is -1.40. The Kier molecular flexibility index (Phi) is 4.47. The zero-order chi connectivity index (χ0) is 14.7. The van der Waals surface area contributed by atoms with Gasteiger partial charge in [-0.15, -0.1) is 0 Å². The number of carboxylic acid groups (broad SMARTS) is 1. The van der Waals surface area contributed by atoms with E-state index in [-0.39, 0.29) is 12.4 Å². The van der Waals surface area contributed by atoms with Gasteiger partial charge in [0.25, 0.3) is 0 Å². The van der Waals surface area contributed by atoms with Crippen LogP contribution in [-0.2, 0) is 6.61 Å². The molecule has 0 heterocycles. The fourth-order valence-corrected chi connectivity index (χ4v) is 2.16. The maximum Gasteiger partial charge on any atom is 0.342 e. The fraction of sp³-hybridized carbons (Fsp3) is 0.0714. The summed E-state index contributed by atoms with van der Waals surface area (Å²) in [5.74, 6) is -2.34. The van der Waals surface area contributed by atoms with Crippen molar-refractivity contribution in [2.24, 2.45) is 0 Å². The molecular weight excluding hydrogens is 306 g/mol. The van der Waals surface area contributed by atoms with E-state index in [2.05, 4.69) is 0 Å². The van der Waals surface area contributed by atoms with Gasteiger partial charge in [-0.3, -0.25) is 0 Å². The van der Waals surface area contributed by atoms with E-state index in [1.165, 1.54) is 12.1 Å². The summed E-state index contributed by atoms with van der Waals surface area (Å²) >= 11 is 11.9. The van der Waals surface area contributed by atoms with Crippen LogP contribution >= 0.6 is 23.2 Å². The van der Waals surface area contributed by atoms with Crippen molar-refractivity contribution in [3.05, 3.63) is 63.4 Å². The van der Waals surface area contributed by atoms with Gasteiger partial charge in [0.1, 0.15) is 23.7 Å². The Morgan fingerprint density at radius 3 is 2.35 bits per heavy atom. The molecule has 3 nitrogen and oxygen atoms in total. The predicted molar refractivity (Wildman–Crippen MR) is 74.2 cm³/mol. The van der Waals surface area contributed by atoms with Crippen LogP contribution in [0, 0.1) is 5.82 Å². The van der Waals surface area contributed by atoms with Crippen molar-refractivity contribution in [1.82, 2.24) is 0 Å². The summed E-state index contributed by atoms with van der Waals surface area (Å²) in [6.07, 6.45) is 0. The van der Waals surface area contributed by atoms with Crippen LogP contribution in [0.1, 0.15) is 15.9 Å². The number of hydrogen-bond acceptors (Lipinski definition) is 2. The summed E-state index contributed by atoms with van der Waals surface area (Å²) in [6, 6.07) is 8.74. The molecule has 0 saturated carbocycles. The molecule has 0 fully saturated rings. The molecule has 1 N–H and O–H groups in total. The van der Waals surface area contributed by atoms with Gasteiger partial charge in [-0.2, -0.15) is 0 Å². The first-order valence-corrected chi connectivity index (χ1v) is 6.33. The first kappa shape index (κ1) is 14.6. The molecule has 0 aliphatic rings. The highest BCUT2D eigenvalue weighted by Gasteiger charge is 2.17. The van der Waals surface area contributed by atoms with Crippen molar-refractivity contribution in [3.63, 3.8) is 0 Å². The van der Waals surface area contributed by atoms with E-state index in [0.29, 0.717) is 15.6 Å². The van der Waals surface area contributed by atoms with Gasteiger partial charge in [0, 0.05) is 15.6 Å². The molecule has 104 valence electrons. The molecule has 0 saturated heterocycles. The van der Waals surface area contributed by atoms with Crippen LogP contribution in [0.2, 0.25) is 10.0 Å². The molecule has 0 bridgehead atoms. The summed E-state index contributed by atoms with van der Waals surface area (Å²) in [7, 11) is 0. The van der Waals surface area contributed by atoms with E-state index in [4.69, 9.17) is 33.0 Å². The molecule has 0 amide bonds. The first-order chi connectivity index (χ1) is 9.50. The first-order valence-electron chi connectivity index (χ1n) is 5.58. The third kappa shape index (κ3) is 3.03. The minimum absolute atomic E-state index is 0.0533. The Labute approximate surface area is 124 Å². The predicted octanol–water partition coefficient (Wildman–Crippen LogP) is 4.41. The Morgan fingerprint density at radius 2 is 1.75 bits per heavy atom. The maximum atomic E-state index is 13.5. The van der Waals surface area contributed by atoms with Crippen molar-refractivity contribution in [2.45, 2.75) is 6.61 Å². The number of aromatic carboxylic acids is 1. The standard InChI is InChI=1S/C14H9Cl2FO3/c15-9-3-1-4-10(16)8(9)7-20-12-6-2-5-11(17)13(12)14(18)19/h1-6H,7H2,(H,18,19). The smallest absolute Gasteiger partial charge is 0.342 e. The van der Waals surface area contributed by atoms with E-state index in [1.807, 2.05) is 0 Å². The second kappa shape index (κ2) is 6.11. The third-order valence-corrected chi connectivity index (χ3v) is 3.33. The quantitative estimate of drug-likeness (QED) is 0.909. The summed E-state index contributed by atoms with van der Waals surface area (Å²) in [5, 5.41) is 9.77. The Balaban J connectivity index is 2.28. The van der Waals surface area contributed by atoms with Gasteiger partial charge in [0.15, 0.2) is 0 Å². The van der Waals surface area contributed by atoms with Gasteiger partial charge < -0.3 is 9.84 Å². The monoisotopic (exact) mass is 314 g/mol. The highest BCUT2D eigenvalue weighted by atomic mass is 35.5. The maximum absolute atomic E-state index is 13.5. The third-order valence-electron chi connectivity index (χ3n) is 2.62. The van der Waals surface area contributed by atoms with Gasteiger partial charge in [-0.25, -0.2) is 9.18 Å². The van der Waals surface area contributed by atoms with E-state index in [1.54, 1.807) is 18.2 Å². The van der Waals surface area contributed by atoms with Crippen molar-refractivity contribution in [2.75, 3.05) is 0 Å². The number of ether oxygens (including phenoxy) is 1. The van der Waals surface area contributed by atoms with E-state index < -0.39 is 17.3 Å². The Hall–Kier alpha value is -1.78. The molecule has 0 unspecified atom stereocenters. The minimum Gasteiger partial charge on any atom is -0.488 e. The number of hydrogen-bond donors (Lipinski definition) is 1. The highest BCUT2D eigenvalue weighted by molar-refractivity contribution is 6.35. The SMILES string of the molecule is O=C(O)c1c(F)cccc1OCc1c(Cl)cccc1Cl. The van der Waals surface area contributed by atoms with Crippen LogP contribution in [0.25, 0.3) is 0 Å². The fourth-order valence-electron chi connectivity index (χ4n) is 1.65. The lowest BCUT2D eigenvalue weighted by Gasteiger charge is -2.11. The topological polar surface area (TPSA) is 46.5 Å². The van der Waals surface area contributed by atoms with Gasteiger partial charge in [0.05, 0.1) is 0 Å². The lowest BCUT2D eigenvalue weighted by molar-refractivity contribution is 0.0686. The number of carbonyl (C=O) groups is 1. The van der Waals surface area contributed by atoms with Crippen LogP contribution < -0.4 is 4.74 Å². The van der Waals surface area contributed by atoms with E-state index in [9.17, 15) is 9.18 Å². The molecule has 0 radical (unpaired) electrons. The molecule has 0 aromatic heterocycles. The summed E-state index contributed by atoms with van der Waals surface area (Å²) in [4.78, 5) is 11.0. The molecule has 0 atom stereocenters. The lowest BCUT2D eigenvalue weighted by Crippen LogP contribution is -2.06. The zero-order valence-electron chi connectivity index (χ0n) is 10.1. The molecule has 0 aliphatic heterocycles. The van der Waals surface area contributed by atoms with Crippen LogP contribution in [0.4, 0.5) is 4.39 Å². The van der Waals surface area contributed by atoms with Crippen LogP contribution in [0.3, 0.4) is 0 Å². The van der Waals surface area contributed by atoms with Crippen LogP contribution in [-0.4, -0.2) is 11.1 Å². The Bertz CT molecular complexity index is 639. The number of benzene rings is 2. The number of halogens is 3. The Morgan fingerprint density at radius 1 is 1.15 bits per heavy atom. The van der Waals surface area contributed by atoms with E-state index >= 15 is 0 Å². The molecule has 2 aromatic carbocycles. The van der Waals surface area contributed by atoms with Crippen molar-refractivity contribution in [3.8, 4) is 5.75 Å². The van der Waals surface area contributed by atoms with Gasteiger partial charge in [-0.1, -0.05) is 35.3 Å². The average Bonchev–Trinajstić information content (AvgIpc) is 2.37. The lowest BCUT2D eigenvalue weighted by atomic mass is 10.2. The van der Waals surface area contributed by atoms with Gasteiger partial charge in [-0.05, 0) is 24.3 Å². The zero-order valence-corrected chi connectivity index (χ0v) is 11.6. The van der Waals surface area contributed by atoms with Crippen LogP contribution in [0.15, 0.2) is 36.4 Å². The van der Waals surface area contributed by atoms with Gasteiger partial charge in [0.2, 0.25) is 0 Å². The number of carboxylic acids is 1. The molecule has 20 heavy (non-hydrogen) atoms.